The van der Waals surface area contributed by atoms with Crippen LogP contribution in [-0.2, 0) is 13.0 Å². The van der Waals surface area contributed by atoms with Crippen LogP contribution in [0.25, 0.3) is 0 Å². The van der Waals surface area contributed by atoms with E-state index in [4.69, 9.17) is 9.47 Å². The molecule has 31 heavy (non-hydrogen) atoms. The van der Waals surface area contributed by atoms with E-state index in [1.807, 2.05) is 24.3 Å². The number of fused-ring (bicyclic) bond motifs is 1. The van der Waals surface area contributed by atoms with E-state index in [-0.39, 0.29) is 0 Å². The molecule has 168 valence electrons. The summed E-state index contributed by atoms with van der Waals surface area (Å²) in [5.41, 5.74) is 5.99. The molecule has 4 nitrogen and oxygen atoms in total. The maximum atomic E-state index is 5.91. The third-order valence-electron chi connectivity index (χ3n) is 6.97. The van der Waals surface area contributed by atoms with Gasteiger partial charge in [0.2, 0.25) is 0 Å². The molecule has 4 rings (SSSR count). The van der Waals surface area contributed by atoms with Crippen molar-refractivity contribution in [2.75, 3.05) is 46.4 Å². The Morgan fingerprint density at radius 1 is 0.935 bits per heavy atom. The van der Waals surface area contributed by atoms with E-state index in [1.54, 1.807) is 18.2 Å². The van der Waals surface area contributed by atoms with Crippen molar-refractivity contribution < 1.29 is 9.47 Å². The number of ether oxygens (including phenoxy) is 2. The minimum Gasteiger partial charge on any atom is -0.497 e. The van der Waals surface area contributed by atoms with Gasteiger partial charge in [0.15, 0.2) is 0 Å². The predicted molar refractivity (Wildman–Crippen MR) is 127 cm³/mol. The molecule has 1 saturated heterocycles. The van der Waals surface area contributed by atoms with Crippen LogP contribution in [0.15, 0.2) is 36.4 Å². The maximum Gasteiger partial charge on any atom is 0.119 e. The van der Waals surface area contributed by atoms with Crippen LogP contribution in [0.2, 0.25) is 0 Å². The lowest BCUT2D eigenvalue weighted by Gasteiger charge is -2.37. The van der Waals surface area contributed by atoms with Crippen LogP contribution in [-0.4, -0.2) is 56.2 Å². The van der Waals surface area contributed by atoms with Crippen molar-refractivity contribution in [3.8, 4) is 11.5 Å². The standard InChI is InChI=1S/C27H38N2O2/c1-21-16-24-11-14-29(20-25(24)17-22(21)2)19-23-6-4-12-28(18-23)13-5-15-31-27-9-7-26(30-3)8-10-27/h7-10,16-17,23H,4-6,11-15,18-20H2,1-3H3. The third kappa shape index (κ3) is 6.02. The van der Waals surface area contributed by atoms with Crippen LogP contribution in [0, 0.1) is 19.8 Å². The SMILES string of the molecule is COc1ccc(OCCCN2CCCC(CN3CCc4cc(C)c(C)cc4C3)C2)cc1. The molecule has 0 N–H and O–H groups in total. The van der Waals surface area contributed by atoms with Gasteiger partial charge in [-0.05, 0) is 98.5 Å². The van der Waals surface area contributed by atoms with Gasteiger partial charge in [-0.15, -0.1) is 0 Å². The van der Waals surface area contributed by atoms with Gasteiger partial charge in [0.05, 0.1) is 13.7 Å². The molecular formula is C27H38N2O2. The molecule has 1 fully saturated rings. The lowest BCUT2D eigenvalue weighted by atomic mass is 9.92. The van der Waals surface area contributed by atoms with Crippen LogP contribution in [0.3, 0.4) is 0 Å². The number of nitrogens with zero attached hydrogens (tertiary/aromatic N) is 2. The highest BCUT2D eigenvalue weighted by Crippen LogP contribution is 2.25. The summed E-state index contributed by atoms with van der Waals surface area (Å²) in [5, 5.41) is 0. The number of benzene rings is 2. The zero-order valence-corrected chi connectivity index (χ0v) is 19.5. The van der Waals surface area contributed by atoms with Gasteiger partial charge in [0, 0.05) is 32.7 Å². The summed E-state index contributed by atoms with van der Waals surface area (Å²) < 4.78 is 11.1. The summed E-state index contributed by atoms with van der Waals surface area (Å²) in [6, 6.07) is 12.7. The van der Waals surface area contributed by atoms with E-state index in [1.165, 1.54) is 56.6 Å². The summed E-state index contributed by atoms with van der Waals surface area (Å²) in [6.07, 6.45) is 4.98. The maximum absolute atomic E-state index is 5.91. The van der Waals surface area contributed by atoms with Gasteiger partial charge in [-0.2, -0.15) is 0 Å². The summed E-state index contributed by atoms with van der Waals surface area (Å²) in [7, 11) is 1.69. The zero-order valence-electron chi connectivity index (χ0n) is 19.5. The highest BCUT2D eigenvalue weighted by Gasteiger charge is 2.24. The fourth-order valence-electron chi connectivity index (χ4n) is 5.09. The van der Waals surface area contributed by atoms with E-state index in [0.29, 0.717) is 0 Å². The van der Waals surface area contributed by atoms with Crippen molar-refractivity contribution in [2.45, 2.75) is 46.1 Å². The highest BCUT2D eigenvalue weighted by molar-refractivity contribution is 5.38. The molecule has 0 aliphatic carbocycles. The van der Waals surface area contributed by atoms with E-state index in [2.05, 4.69) is 35.8 Å². The number of hydrogen-bond donors (Lipinski definition) is 0. The van der Waals surface area contributed by atoms with Crippen LogP contribution < -0.4 is 9.47 Å². The molecule has 4 heteroatoms. The number of rotatable bonds is 8. The second kappa shape index (κ2) is 10.5. The molecule has 2 aromatic carbocycles. The van der Waals surface area contributed by atoms with Gasteiger partial charge >= 0.3 is 0 Å². The number of piperidine rings is 1. The Morgan fingerprint density at radius 2 is 1.68 bits per heavy atom. The number of hydrogen-bond acceptors (Lipinski definition) is 4. The average Bonchev–Trinajstić information content (AvgIpc) is 2.78. The molecule has 2 aliphatic heterocycles. The Balaban J connectivity index is 1.19. The number of likely N-dealkylation sites (tertiary alicyclic amines) is 1. The van der Waals surface area contributed by atoms with Crippen LogP contribution in [0.5, 0.6) is 11.5 Å². The molecule has 1 unspecified atom stereocenters. The topological polar surface area (TPSA) is 24.9 Å². The summed E-state index contributed by atoms with van der Waals surface area (Å²) in [6.45, 7) is 12.4. The van der Waals surface area contributed by atoms with Gasteiger partial charge in [-0.25, -0.2) is 0 Å². The molecule has 2 aliphatic rings. The van der Waals surface area contributed by atoms with Crippen LogP contribution in [0.1, 0.15) is 41.5 Å². The van der Waals surface area contributed by atoms with Crippen molar-refractivity contribution >= 4 is 0 Å². The second-order valence-corrected chi connectivity index (χ2v) is 9.38. The fraction of sp³-hybridized carbons (Fsp3) is 0.556. The molecule has 0 spiro atoms. The van der Waals surface area contributed by atoms with Crippen molar-refractivity contribution in [3.63, 3.8) is 0 Å². The summed E-state index contributed by atoms with van der Waals surface area (Å²) in [5.74, 6) is 2.59. The Bertz CT molecular complexity index is 849. The Labute approximate surface area is 188 Å². The molecule has 0 saturated carbocycles. The molecule has 2 heterocycles. The smallest absolute Gasteiger partial charge is 0.119 e. The minimum absolute atomic E-state index is 0.773. The van der Waals surface area contributed by atoms with Gasteiger partial charge in [-0.1, -0.05) is 12.1 Å². The second-order valence-electron chi connectivity index (χ2n) is 9.38. The first kappa shape index (κ1) is 22.2. The van der Waals surface area contributed by atoms with Crippen molar-refractivity contribution in [1.29, 1.82) is 0 Å². The molecule has 0 radical (unpaired) electrons. The molecule has 0 amide bonds. The van der Waals surface area contributed by atoms with E-state index >= 15 is 0 Å². The molecule has 2 aromatic rings. The average molecular weight is 423 g/mol. The van der Waals surface area contributed by atoms with Gasteiger partial charge in [-0.3, -0.25) is 4.90 Å². The third-order valence-corrected chi connectivity index (χ3v) is 6.97. The quantitative estimate of drug-likeness (QED) is 0.568. The lowest BCUT2D eigenvalue weighted by molar-refractivity contribution is 0.121. The Hall–Kier alpha value is -2.04. The largest absolute Gasteiger partial charge is 0.497 e. The molecule has 0 aromatic heterocycles. The first-order valence-corrected chi connectivity index (χ1v) is 11.9. The first-order valence-electron chi connectivity index (χ1n) is 11.9. The van der Waals surface area contributed by atoms with E-state index in [0.717, 1.165) is 43.5 Å². The van der Waals surface area contributed by atoms with Crippen molar-refractivity contribution in [1.82, 2.24) is 9.80 Å². The van der Waals surface area contributed by atoms with E-state index < -0.39 is 0 Å². The van der Waals surface area contributed by atoms with Gasteiger partial charge < -0.3 is 14.4 Å². The summed E-state index contributed by atoms with van der Waals surface area (Å²) in [4.78, 5) is 5.34. The van der Waals surface area contributed by atoms with Gasteiger partial charge in [0.1, 0.15) is 11.5 Å². The van der Waals surface area contributed by atoms with Crippen molar-refractivity contribution in [3.05, 3.63) is 58.7 Å². The number of methoxy groups -OCH3 is 1. The lowest BCUT2D eigenvalue weighted by Crippen LogP contribution is -2.42. The zero-order chi connectivity index (χ0) is 21.6. The number of aryl methyl sites for hydroxylation is 2. The minimum atomic E-state index is 0.773. The van der Waals surface area contributed by atoms with Crippen molar-refractivity contribution in [2.24, 2.45) is 5.92 Å². The molecule has 0 bridgehead atoms. The first-order chi connectivity index (χ1) is 15.1. The van der Waals surface area contributed by atoms with Crippen LogP contribution >= 0.6 is 0 Å². The predicted octanol–water partition coefficient (Wildman–Crippen LogP) is 4.85. The Morgan fingerprint density at radius 3 is 2.45 bits per heavy atom. The Kier molecular flexibility index (Phi) is 7.52. The molecular weight excluding hydrogens is 384 g/mol. The fourth-order valence-corrected chi connectivity index (χ4v) is 5.09. The van der Waals surface area contributed by atoms with Gasteiger partial charge in [0.25, 0.3) is 0 Å². The van der Waals surface area contributed by atoms with Crippen LogP contribution in [0.4, 0.5) is 0 Å². The molecule has 1 atom stereocenters. The monoisotopic (exact) mass is 422 g/mol. The van der Waals surface area contributed by atoms with E-state index in [9.17, 15) is 0 Å². The normalized spacial score (nSPS) is 19.8. The highest BCUT2D eigenvalue weighted by atomic mass is 16.5. The summed E-state index contributed by atoms with van der Waals surface area (Å²) >= 11 is 0.